The summed E-state index contributed by atoms with van der Waals surface area (Å²) in [6.45, 7) is 4.05. The molecule has 1 amide bonds. The summed E-state index contributed by atoms with van der Waals surface area (Å²) < 4.78 is 1.83. The zero-order chi connectivity index (χ0) is 19.1. The van der Waals surface area contributed by atoms with Crippen LogP contribution in [0.4, 0.5) is 0 Å². The van der Waals surface area contributed by atoms with E-state index in [2.05, 4.69) is 11.4 Å². The zero-order valence-electron chi connectivity index (χ0n) is 15.6. The van der Waals surface area contributed by atoms with E-state index >= 15 is 0 Å². The molecule has 2 aliphatic rings. The highest BCUT2D eigenvalue weighted by molar-refractivity contribution is 5.96. The fraction of sp³-hybridized carbons (Fsp3) is 0.476. The Bertz CT molecular complexity index is 897. The molecule has 0 spiro atoms. The van der Waals surface area contributed by atoms with Gasteiger partial charge in [-0.05, 0) is 57.6 Å². The number of nitrogens with zero attached hydrogens (tertiary/aromatic N) is 3. The van der Waals surface area contributed by atoms with Crippen LogP contribution in [0.3, 0.4) is 0 Å². The molecule has 2 aromatic rings. The topological polar surface area (TPSA) is 90.9 Å². The largest absolute Gasteiger partial charge is 0.393 e. The Labute approximate surface area is 158 Å². The smallest absolute Gasteiger partial charge is 0.270 e. The Kier molecular flexibility index (Phi) is 4.48. The predicted octanol–water partition coefficient (Wildman–Crippen LogP) is 3.13. The van der Waals surface area contributed by atoms with Crippen LogP contribution in [-0.4, -0.2) is 32.9 Å². The lowest BCUT2D eigenvalue weighted by atomic mass is 9.89. The van der Waals surface area contributed by atoms with Crippen LogP contribution in [0.15, 0.2) is 24.3 Å². The van der Waals surface area contributed by atoms with Crippen LogP contribution < -0.4 is 5.32 Å². The summed E-state index contributed by atoms with van der Waals surface area (Å²) >= 11 is 0. The highest BCUT2D eigenvalue weighted by Crippen LogP contribution is 2.46. The van der Waals surface area contributed by atoms with E-state index in [1.165, 1.54) is 0 Å². The molecular weight excluding hydrogens is 340 g/mol. The van der Waals surface area contributed by atoms with E-state index < -0.39 is 0 Å². The Morgan fingerprint density at radius 2 is 1.96 bits per heavy atom. The molecule has 6 nitrogen and oxygen atoms in total. The maximum atomic E-state index is 13.1. The lowest BCUT2D eigenvalue weighted by Crippen LogP contribution is -2.47. The van der Waals surface area contributed by atoms with Crippen molar-refractivity contribution in [1.29, 1.82) is 5.26 Å². The number of aliphatic hydroxyl groups is 1. The van der Waals surface area contributed by atoms with Crippen LogP contribution >= 0.6 is 0 Å². The SMILES string of the molecule is CC(C)n1nc(-c2ccc(C#N)cc2)c(C2CC2)c1C(=O)NC1CC(O)C1. The second-order valence-electron chi connectivity index (χ2n) is 7.91. The summed E-state index contributed by atoms with van der Waals surface area (Å²) in [5, 5.41) is 26.4. The van der Waals surface area contributed by atoms with Crippen molar-refractivity contribution in [2.45, 2.75) is 63.6 Å². The van der Waals surface area contributed by atoms with Gasteiger partial charge in [-0.2, -0.15) is 10.4 Å². The maximum absolute atomic E-state index is 13.1. The highest BCUT2D eigenvalue weighted by Gasteiger charge is 2.37. The minimum atomic E-state index is -0.303. The molecule has 0 atom stereocenters. The first-order valence-electron chi connectivity index (χ1n) is 9.59. The Morgan fingerprint density at radius 3 is 2.48 bits per heavy atom. The number of benzene rings is 1. The van der Waals surface area contributed by atoms with E-state index in [0.29, 0.717) is 30.0 Å². The van der Waals surface area contributed by atoms with Crippen molar-refractivity contribution >= 4 is 5.91 Å². The third-order valence-corrected chi connectivity index (χ3v) is 5.37. The third kappa shape index (κ3) is 3.35. The van der Waals surface area contributed by atoms with E-state index in [0.717, 1.165) is 29.7 Å². The minimum absolute atomic E-state index is 0.0356. The number of rotatable bonds is 5. The molecule has 4 rings (SSSR count). The summed E-state index contributed by atoms with van der Waals surface area (Å²) in [7, 11) is 0. The quantitative estimate of drug-likeness (QED) is 0.853. The van der Waals surface area contributed by atoms with Crippen LogP contribution in [0.5, 0.6) is 0 Å². The molecule has 2 N–H and O–H groups in total. The van der Waals surface area contributed by atoms with Gasteiger partial charge in [-0.25, -0.2) is 0 Å². The summed E-state index contributed by atoms with van der Waals surface area (Å²) in [5.41, 5.74) is 4.05. The van der Waals surface area contributed by atoms with Crippen LogP contribution in [0, 0.1) is 11.3 Å². The molecule has 140 valence electrons. The lowest BCUT2D eigenvalue weighted by Gasteiger charge is -2.32. The van der Waals surface area contributed by atoms with Crippen molar-refractivity contribution in [2.24, 2.45) is 0 Å². The number of hydrogen-bond donors (Lipinski definition) is 2. The van der Waals surface area contributed by atoms with Crippen molar-refractivity contribution < 1.29 is 9.90 Å². The Balaban J connectivity index is 1.75. The molecule has 0 radical (unpaired) electrons. The summed E-state index contributed by atoms with van der Waals surface area (Å²) in [5.74, 6) is 0.255. The van der Waals surface area contributed by atoms with Gasteiger partial charge in [-0.3, -0.25) is 9.48 Å². The zero-order valence-corrected chi connectivity index (χ0v) is 15.6. The van der Waals surface area contributed by atoms with Gasteiger partial charge in [0.25, 0.3) is 5.91 Å². The van der Waals surface area contributed by atoms with Gasteiger partial charge in [0.05, 0.1) is 23.4 Å². The first-order valence-corrected chi connectivity index (χ1v) is 9.59. The van der Waals surface area contributed by atoms with Crippen molar-refractivity contribution in [3.8, 4) is 17.3 Å². The summed E-state index contributed by atoms with van der Waals surface area (Å²) in [6, 6.07) is 9.61. The standard InChI is InChI=1S/C21H24N4O2/c1-12(2)25-20(21(27)23-16-9-17(26)10-16)18(14-7-8-14)19(24-25)15-5-3-13(11-22)4-6-15/h3-6,12,14,16-17,26H,7-10H2,1-2H3,(H,23,27). The van der Waals surface area contributed by atoms with Crippen molar-refractivity contribution in [3.05, 3.63) is 41.1 Å². The van der Waals surface area contributed by atoms with Gasteiger partial charge in [0.2, 0.25) is 0 Å². The summed E-state index contributed by atoms with van der Waals surface area (Å²) in [6.07, 6.45) is 3.05. The molecule has 1 aromatic carbocycles. The van der Waals surface area contributed by atoms with Gasteiger partial charge in [-0.1, -0.05) is 12.1 Å². The van der Waals surface area contributed by atoms with Crippen molar-refractivity contribution in [1.82, 2.24) is 15.1 Å². The molecule has 1 heterocycles. The van der Waals surface area contributed by atoms with Crippen LogP contribution in [0.25, 0.3) is 11.3 Å². The first-order chi connectivity index (χ1) is 13.0. The van der Waals surface area contributed by atoms with Gasteiger partial charge >= 0.3 is 0 Å². The van der Waals surface area contributed by atoms with Gasteiger partial charge in [0.1, 0.15) is 5.69 Å². The molecule has 27 heavy (non-hydrogen) atoms. The second kappa shape index (κ2) is 6.82. The van der Waals surface area contributed by atoms with Gasteiger partial charge in [-0.15, -0.1) is 0 Å². The minimum Gasteiger partial charge on any atom is -0.393 e. The van der Waals surface area contributed by atoms with Gasteiger partial charge < -0.3 is 10.4 Å². The highest BCUT2D eigenvalue weighted by atomic mass is 16.3. The first kappa shape index (κ1) is 17.7. The monoisotopic (exact) mass is 364 g/mol. The molecular formula is C21H24N4O2. The molecule has 2 fully saturated rings. The Morgan fingerprint density at radius 1 is 1.30 bits per heavy atom. The predicted molar refractivity (Wildman–Crippen MR) is 101 cm³/mol. The Hall–Kier alpha value is -2.65. The van der Waals surface area contributed by atoms with Crippen molar-refractivity contribution in [2.75, 3.05) is 0 Å². The van der Waals surface area contributed by atoms with Crippen LogP contribution in [0.2, 0.25) is 0 Å². The molecule has 0 aliphatic heterocycles. The molecule has 2 aliphatic carbocycles. The fourth-order valence-electron chi connectivity index (χ4n) is 3.68. The fourth-order valence-corrected chi connectivity index (χ4v) is 3.68. The number of amides is 1. The van der Waals surface area contributed by atoms with E-state index in [4.69, 9.17) is 10.4 Å². The maximum Gasteiger partial charge on any atom is 0.270 e. The third-order valence-electron chi connectivity index (χ3n) is 5.37. The average Bonchev–Trinajstić information content (AvgIpc) is 3.39. The molecule has 0 saturated heterocycles. The van der Waals surface area contributed by atoms with Gasteiger partial charge in [0.15, 0.2) is 0 Å². The molecule has 1 aromatic heterocycles. The molecule has 2 saturated carbocycles. The van der Waals surface area contributed by atoms with E-state index in [1.807, 2.05) is 30.7 Å². The number of aliphatic hydroxyl groups excluding tert-OH is 1. The molecule has 6 heteroatoms. The average molecular weight is 364 g/mol. The normalized spacial score (nSPS) is 21.6. The van der Waals surface area contributed by atoms with Crippen LogP contribution in [0.1, 0.15) is 73.1 Å². The van der Waals surface area contributed by atoms with E-state index in [1.54, 1.807) is 12.1 Å². The number of aromatic nitrogens is 2. The van der Waals surface area contributed by atoms with Crippen molar-refractivity contribution in [3.63, 3.8) is 0 Å². The lowest BCUT2D eigenvalue weighted by molar-refractivity contribution is 0.0557. The van der Waals surface area contributed by atoms with Gasteiger partial charge in [0, 0.05) is 23.2 Å². The number of carbonyl (C=O) groups is 1. The molecule has 0 unspecified atom stereocenters. The number of nitrogens with one attached hydrogen (secondary N) is 1. The molecule has 0 bridgehead atoms. The number of nitriles is 1. The van der Waals surface area contributed by atoms with E-state index in [9.17, 15) is 9.90 Å². The van der Waals surface area contributed by atoms with Crippen LogP contribution in [-0.2, 0) is 0 Å². The second-order valence-corrected chi connectivity index (χ2v) is 7.91. The number of hydrogen-bond acceptors (Lipinski definition) is 4. The summed E-state index contributed by atoms with van der Waals surface area (Å²) in [4.78, 5) is 13.1. The number of carbonyl (C=O) groups excluding carboxylic acids is 1. The van der Waals surface area contributed by atoms with E-state index in [-0.39, 0.29) is 24.1 Å².